The van der Waals surface area contributed by atoms with Crippen LogP contribution in [0.2, 0.25) is 0 Å². The summed E-state index contributed by atoms with van der Waals surface area (Å²) in [6, 6.07) is 13.9. The standard InChI is InChI=1S/C19H18N4O2/c1-12-7-9-15(10-8-12)23-18(24)16-17(19(23)25)22(21-20-16)11-14-6-4-3-5-13(14)2/h3-10,16-17H,11H2,1-2H3. The summed E-state index contributed by atoms with van der Waals surface area (Å²) in [7, 11) is 0. The third-order valence-electron chi connectivity index (χ3n) is 4.74. The van der Waals surface area contributed by atoms with Gasteiger partial charge in [-0.15, -0.1) is 0 Å². The molecule has 6 nitrogen and oxygen atoms in total. The van der Waals surface area contributed by atoms with Crippen molar-refractivity contribution in [2.45, 2.75) is 32.5 Å². The fraction of sp³-hybridized carbons (Fsp3) is 0.263. The van der Waals surface area contributed by atoms with Crippen LogP contribution in [0, 0.1) is 13.8 Å². The lowest BCUT2D eigenvalue weighted by molar-refractivity contribution is -0.123. The summed E-state index contributed by atoms with van der Waals surface area (Å²) < 4.78 is 0. The van der Waals surface area contributed by atoms with Crippen LogP contribution in [0.25, 0.3) is 0 Å². The molecule has 4 rings (SSSR count). The van der Waals surface area contributed by atoms with E-state index in [1.165, 1.54) is 4.90 Å². The Morgan fingerprint density at radius 3 is 2.40 bits per heavy atom. The molecule has 126 valence electrons. The maximum Gasteiger partial charge on any atom is 0.263 e. The summed E-state index contributed by atoms with van der Waals surface area (Å²) in [6.07, 6.45) is 0. The van der Waals surface area contributed by atoms with Crippen LogP contribution >= 0.6 is 0 Å². The second-order valence-electron chi connectivity index (χ2n) is 6.47. The van der Waals surface area contributed by atoms with Crippen LogP contribution in [0.5, 0.6) is 0 Å². The maximum absolute atomic E-state index is 12.9. The van der Waals surface area contributed by atoms with Gasteiger partial charge in [0.2, 0.25) is 0 Å². The topological polar surface area (TPSA) is 65.3 Å². The molecule has 2 atom stereocenters. The van der Waals surface area contributed by atoms with Gasteiger partial charge in [-0.2, -0.15) is 5.11 Å². The van der Waals surface area contributed by atoms with Crippen molar-refractivity contribution in [1.29, 1.82) is 0 Å². The van der Waals surface area contributed by atoms with E-state index in [2.05, 4.69) is 10.3 Å². The number of imide groups is 1. The Balaban J connectivity index is 1.62. The molecular weight excluding hydrogens is 316 g/mol. The van der Waals surface area contributed by atoms with Crippen LogP contribution in [0.15, 0.2) is 58.9 Å². The molecule has 2 aromatic carbocycles. The highest BCUT2D eigenvalue weighted by atomic mass is 16.2. The third-order valence-corrected chi connectivity index (χ3v) is 4.74. The highest BCUT2D eigenvalue weighted by Gasteiger charge is 2.54. The number of fused-ring (bicyclic) bond motifs is 1. The normalized spacial score (nSPS) is 22.0. The number of hydrogen-bond donors (Lipinski definition) is 0. The second-order valence-corrected chi connectivity index (χ2v) is 6.47. The molecule has 2 heterocycles. The monoisotopic (exact) mass is 334 g/mol. The van der Waals surface area contributed by atoms with Crippen molar-refractivity contribution in [1.82, 2.24) is 5.01 Å². The number of hydrogen-bond acceptors (Lipinski definition) is 5. The fourth-order valence-corrected chi connectivity index (χ4v) is 3.26. The zero-order valence-electron chi connectivity index (χ0n) is 14.1. The van der Waals surface area contributed by atoms with Crippen molar-refractivity contribution < 1.29 is 9.59 Å². The minimum Gasteiger partial charge on any atom is -0.271 e. The van der Waals surface area contributed by atoms with Gasteiger partial charge in [0.1, 0.15) is 0 Å². The van der Waals surface area contributed by atoms with Crippen LogP contribution in [0.1, 0.15) is 16.7 Å². The summed E-state index contributed by atoms with van der Waals surface area (Å²) in [5.41, 5.74) is 3.84. The van der Waals surface area contributed by atoms with Crippen LogP contribution in [-0.2, 0) is 16.1 Å². The maximum atomic E-state index is 12.9. The Bertz CT molecular complexity index is 875. The first kappa shape index (κ1) is 15.5. The van der Waals surface area contributed by atoms with Gasteiger partial charge < -0.3 is 0 Å². The van der Waals surface area contributed by atoms with Crippen molar-refractivity contribution in [2.75, 3.05) is 4.90 Å². The molecule has 2 aliphatic heterocycles. The molecule has 6 heteroatoms. The first-order valence-electron chi connectivity index (χ1n) is 8.22. The SMILES string of the molecule is Cc1ccc(N2C(=O)C3N=NN(Cc4ccccc4C)C3C2=O)cc1. The van der Waals surface area contributed by atoms with Crippen LogP contribution in [0.3, 0.4) is 0 Å². The van der Waals surface area contributed by atoms with Crippen molar-refractivity contribution >= 4 is 17.5 Å². The molecule has 0 N–H and O–H groups in total. The summed E-state index contributed by atoms with van der Waals surface area (Å²) in [6.45, 7) is 4.43. The quantitative estimate of drug-likeness (QED) is 0.811. The lowest BCUT2D eigenvalue weighted by Gasteiger charge is -2.21. The van der Waals surface area contributed by atoms with Gasteiger partial charge in [-0.1, -0.05) is 47.2 Å². The zero-order chi connectivity index (χ0) is 17.6. The van der Waals surface area contributed by atoms with Gasteiger partial charge in [0.15, 0.2) is 12.1 Å². The predicted octanol–water partition coefficient (Wildman–Crippen LogP) is 2.80. The number of benzene rings is 2. The van der Waals surface area contributed by atoms with Gasteiger partial charge in [-0.05, 0) is 37.1 Å². The molecule has 2 unspecified atom stereocenters. The van der Waals surface area contributed by atoms with E-state index in [9.17, 15) is 9.59 Å². The molecule has 0 bridgehead atoms. The van der Waals surface area contributed by atoms with Gasteiger partial charge in [-0.25, -0.2) is 4.90 Å². The molecule has 0 spiro atoms. The predicted molar refractivity (Wildman–Crippen MR) is 92.8 cm³/mol. The van der Waals surface area contributed by atoms with E-state index < -0.39 is 12.1 Å². The summed E-state index contributed by atoms with van der Waals surface area (Å²) in [5, 5.41) is 9.78. The van der Waals surface area contributed by atoms with Crippen molar-refractivity contribution in [3.63, 3.8) is 0 Å². The summed E-state index contributed by atoms with van der Waals surface area (Å²) >= 11 is 0. The number of nitrogens with zero attached hydrogens (tertiary/aromatic N) is 4. The van der Waals surface area contributed by atoms with Crippen molar-refractivity contribution in [2.24, 2.45) is 10.3 Å². The molecule has 1 fully saturated rings. The zero-order valence-corrected chi connectivity index (χ0v) is 14.1. The minimum atomic E-state index is -0.752. The fourth-order valence-electron chi connectivity index (χ4n) is 3.26. The number of amides is 2. The Labute approximate surface area is 145 Å². The van der Waals surface area contributed by atoms with E-state index in [0.717, 1.165) is 16.7 Å². The Morgan fingerprint density at radius 1 is 0.960 bits per heavy atom. The van der Waals surface area contributed by atoms with Gasteiger partial charge >= 0.3 is 0 Å². The smallest absolute Gasteiger partial charge is 0.263 e. The van der Waals surface area contributed by atoms with E-state index in [-0.39, 0.29) is 11.8 Å². The van der Waals surface area contributed by atoms with Crippen molar-refractivity contribution in [3.05, 3.63) is 65.2 Å². The molecule has 2 aliphatic rings. The Hall–Kier alpha value is -3.02. The third kappa shape index (κ3) is 2.50. The second kappa shape index (κ2) is 5.81. The number of anilines is 1. The van der Waals surface area contributed by atoms with Crippen LogP contribution < -0.4 is 4.90 Å². The molecule has 0 aliphatic carbocycles. The average molecular weight is 334 g/mol. The van der Waals surface area contributed by atoms with Gasteiger partial charge in [0.05, 0.1) is 12.2 Å². The van der Waals surface area contributed by atoms with E-state index in [1.54, 1.807) is 17.1 Å². The van der Waals surface area contributed by atoms with E-state index in [4.69, 9.17) is 0 Å². The molecule has 2 aromatic rings. The average Bonchev–Trinajstić information content (AvgIpc) is 3.12. The minimum absolute atomic E-state index is 0.266. The van der Waals surface area contributed by atoms with Gasteiger partial charge in [0.25, 0.3) is 11.8 Å². The summed E-state index contributed by atoms with van der Waals surface area (Å²) in [4.78, 5) is 26.8. The first-order valence-corrected chi connectivity index (χ1v) is 8.22. The highest BCUT2D eigenvalue weighted by molar-refractivity contribution is 6.25. The Morgan fingerprint density at radius 2 is 1.68 bits per heavy atom. The molecular formula is C19H18N4O2. The van der Waals surface area contributed by atoms with Gasteiger partial charge in [0, 0.05) is 0 Å². The van der Waals surface area contributed by atoms with E-state index in [1.807, 2.05) is 50.2 Å². The lowest BCUT2D eigenvalue weighted by atomic mass is 10.1. The van der Waals surface area contributed by atoms with E-state index in [0.29, 0.717) is 12.2 Å². The highest BCUT2D eigenvalue weighted by Crippen LogP contribution is 2.33. The van der Waals surface area contributed by atoms with Crippen molar-refractivity contribution in [3.8, 4) is 0 Å². The first-order chi connectivity index (χ1) is 12.1. The van der Waals surface area contributed by atoms with E-state index >= 15 is 0 Å². The molecule has 2 amide bonds. The molecule has 25 heavy (non-hydrogen) atoms. The lowest BCUT2D eigenvalue weighted by Crippen LogP contribution is -2.39. The number of aryl methyl sites for hydroxylation is 2. The number of rotatable bonds is 3. The largest absolute Gasteiger partial charge is 0.271 e. The number of carbonyl (C=O) groups is 2. The molecule has 0 aromatic heterocycles. The number of carbonyl (C=O) groups excluding carboxylic acids is 2. The summed E-state index contributed by atoms with van der Waals surface area (Å²) in [5.74, 6) is -0.577. The molecule has 0 saturated carbocycles. The van der Waals surface area contributed by atoms with Crippen LogP contribution in [-0.4, -0.2) is 28.9 Å². The van der Waals surface area contributed by atoms with Gasteiger partial charge in [-0.3, -0.25) is 14.6 Å². The van der Waals surface area contributed by atoms with Crippen LogP contribution in [0.4, 0.5) is 5.69 Å². The Kier molecular flexibility index (Phi) is 3.60. The molecule has 1 saturated heterocycles. The molecule has 0 radical (unpaired) electrons.